The maximum Gasteiger partial charge on any atom is 0.279 e. The summed E-state index contributed by atoms with van der Waals surface area (Å²) in [7, 11) is 0. The van der Waals surface area contributed by atoms with Crippen LogP contribution in [0, 0.1) is 10.1 Å². The van der Waals surface area contributed by atoms with E-state index in [0.29, 0.717) is 17.7 Å². The molecule has 4 nitrogen and oxygen atoms in total. The van der Waals surface area contributed by atoms with Crippen LogP contribution >= 0.6 is 11.6 Å². The number of aldehydes is 1. The highest BCUT2D eigenvalue weighted by Gasteiger charge is 2.13. The molecular formula is C14H10ClNO3. The second-order valence-corrected chi connectivity index (χ2v) is 4.51. The second-order valence-electron chi connectivity index (χ2n) is 4.07. The summed E-state index contributed by atoms with van der Waals surface area (Å²) in [6, 6.07) is 11.9. The number of benzene rings is 2. The van der Waals surface area contributed by atoms with Crippen LogP contribution in [-0.2, 0) is 6.42 Å². The Labute approximate surface area is 114 Å². The van der Waals surface area contributed by atoms with E-state index in [4.69, 9.17) is 11.6 Å². The quantitative estimate of drug-likeness (QED) is 0.486. The second kappa shape index (κ2) is 5.63. The Kier molecular flexibility index (Phi) is 3.92. The first-order valence-electron chi connectivity index (χ1n) is 5.57. The normalized spacial score (nSPS) is 10.2. The molecule has 0 radical (unpaired) electrons. The molecule has 2 aromatic carbocycles. The van der Waals surface area contributed by atoms with Crippen LogP contribution in [0.1, 0.15) is 21.5 Å². The first kappa shape index (κ1) is 13.2. The molecule has 0 aliphatic carbocycles. The van der Waals surface area contributed by atoms with Gasteiger partial charge in [0.25, 0.3) is 5.69 Å². The minimum atomic E-state index is -0.560. The number of nitro benzene ring substituents is 1. The minimum Gasteiger partial charge on any atom is -0.298 e. The molecule has 0 fully saturated rings. The van der Waals surface area contributed by atoms with Gasteiger partial charge in [0.05, 0.1) is 10.5 Å². The summed E-state index contributed by atoms with van der Waals surface area (Å²) in [5.74, 6) is 0. The zero-order valence-corrected chi connectivity index (χ0v) is 10.6. The smallest absolute Gasteiger partial charge is 0.279 e. The molecule has 96 valence electrons. The van der Waals surface area contributed by atoms with Gasteiger partial charge in [-0.2, -0.15) is 0 Å². The van der Waals surface area contributed by atoms with Crippen LogP contribution in [0.3, 0.4) is 0 Å². The summed E-state index contributed by atoms with van der Waals surface area (Å²) in [4.78, 5) is 21.0. The molecule has 0 spiro atoms. The Hall–Kier alpha value is -2.20. The van der Waals surface area contributed by atoms with Gasteiger partial charge in [-0.25, -0.2) is 0 Å². The van der Waals surface area contributed by atoms with E-state index in [1.807, 2.05) is 12.1 Å². The van der Waals surface area contributed by atoms with E-state index in [0.717, 1.165) is 11.1 Å². The van der Waals surface area contributed by atoms with Crippen molar-refractivity contribution in [1.29, 1.82) is 0 Å². The van der Waals surface area contributed by atoms with E-state index in [1.54, 1.807) is 24.3 Å². The standard InChI is InChI=1S/C14H10ClNO3/c15-13-4-1-10(2-5-13)7-11-3-6-14(16(18)19)12(8-11)9-17/h1-6,8-9H,7H2. The van der Waals surface area contributed by atoms with Crippen molar-refractivity contribution in [3.63, 3.8) is 0 Å². The third-order valence-corrected chi connectivity index (χ3v) is 2.99. The molecule has 5 heteroatoms. The van der Waals surface area contributed by atoms with Crippen LogP contribution in [0.15, 0.2) is 42.5 Å². The van der Waals surface area contributed by atoms with Crippen molar-refractivity contribution < 1.29 is 9.72 Å². The van der Waals surface area contributed by atoms with Crippen LogP contribution < -0.4 is 0 Å². The lowest BCUT2D eigenvalue weighted by Gasteiger charge is -2.03. The molecule has 2 rings (SSSR count). The van der Waals surface area contributed by atoms with Crippen molar-refractivity contribution >= 4 is 23.6 Å². The van der Waals surface area contributed by atoms with Gasteiger partial charge in [0.1, 0.15) is 0 Å². The predicted octanol–water partition coefficient (Wildman–Crippen LogP) is 3.65. The molecule has 0 amide bonds. The number of rotatable bonds is 4. The highest BCUT2D eigenvalue weighted by molar-refractivity contribution is 6.30. The monoisotopic (exact) mass is 275 g/mol. The van der Waals surface area contributed by atoms with Crippen molar-refractivity contribution in [3.05, 3.63) is 74.3 Å². The van der Waals surface area contributed by atoms with Crippen molar-refractivity contribution in [2.75, 3.05) is 0 Å². The summed E-state index contributed by atoms with van der Waals surface area (Å²) in [5, 5.41) is 11.4. The van der Waals surface area contributed by atoms with Gasteiger partial charge in [-0.3, -0.25) is 14.9 Å². The largest absolute Gasteiger partial charge is 0.298 e. The Morgan fingerprint density at radius 2 is 1.74 bits per heavy atom. The molecule has 0 aliphatic heterocycles. The average Bonchev–Trinajstić information content (AvgIpc) is 2.41. The number of hydrogen-bond acceptors (Lipinski definition) is 3. The fourth-order valence-electron chi connectivity index (χ4n) is 1.81. The maximum atomic E-state index is 10.9. The molecule has 2 aromatic rings. The lowest BCUT2D eigenvalue weighted by atomic mass is 10.0. The predicted molar refractivity (Wildman–Crippen MR) is 72.7 cm³/mol. The van der Waals surface area contributed by atoms with Gasteiger partial charge in [0, 0.05) is 11.1 Å². The van der Waals surface area contributed by atoms with Gasteiger partial charge in [-0.1, -0.05) is 29.8 Å². The fraction of sp³-hybridized carbons (Fsp3) is 0.0714. The first-order chi connectivity index (χ1) is 9.10. The van der Waals surface area contributed by atoms with Crippen molar-refractivity contribution in [2.45, 2.75) is 6.42 Å². The Bertz CT molecular complexity index is 623. The van der Waals surface area contributed by atoms with E-state index in [2.05, 4.69) is 0 Å². The fourth-order valence-corrected chi connectivity index (χ4v) is 1.94. The molecule has 0 bridgehead atoms. The third kappa shape index (κ3) is 3.17. The van der Waals surface area contributed by atoms with Gasteiger partial charge < -0.3 is 0 Å². The van der Waals surface area contributed by atoms with Gasteiger partial charge in [0.15, 0.2) is 6.29 Å². The number of halogens is 1. The van der Waals surface area contributed by atoms with E-state index >= 15 is 0 Å². The van der Waals surface area contributed by atoms with Gasteiger partial charge in [-0.15, -0.1) is 0 Å². The van der Waals surface area contributed by atoms with E-state index in [9.17, 15) is 14.9 Å². The molecule has 0 atom stereocenters. The lowest BCUT2D eigenvalue weighted by Crippen LogP contribution is -1.96. The molecule has 0 aliphatic rings. The van der Waals surface area contributed by atoms with E-state index < -0.39 is 4.92 Å². The zero-order valence-electron chi connectivity index (χ0n) is 9.88. The molecular weight excluding hydrogens is 266 g/mol. The number of carbonyl (C=O) groups is 1. The Balaban J connectivity index is 2.29. The SMILES string of the molecule is O=Cc1cc(Cc2ccc(Cl)cc2)ccc1[N+](=O)[O-]. The molecule has 0 heterocycles. The Morgan fingerprint density at radius 3 is 2.32 bits per heavy atom. The number of hydrogen-bond donors (Lipinski definition) is 0. The van der Waals surface area contributed by atoms with E-state index in [-0.39, 0.29) is 11.3 Å². The highest BCUT2D eigenvalue weighted by Crippen LogP contribution is 2.20. The molecule has 0 unspecified atom stereocenters. The van der Waals surface area contributed by atoms with Crippen LogP contribution in [0.25, 0.3) is 0 Å². The third-order valence-electron chi connectivity index (χ3n) is 2.74. The summed E-state index contributed by atoms with van der Waals surface area (Å²) in [6.45, 7) is 0. The zero-order chi connectivity index (χ0) is 13.8. The topological polar surface area (TPSA) is 60.2 Å². The molecule has 0 saturated heterocycles. The lowest BCUT2D eigenvalue weighted by molar-refractivity contribution is -0.385. The van der Waals surface area contributed by atoms with Gasteiger partial charge in [-0.05, 0) is 35.7 Å². The van der Waals surface area contributed by atoms with Gasteiger partial charge >= 0.3 is 0 Å². The highest BCUT2D eigenvalue weighted by atomic mass is 35.5. The summed E-state index contributed by atoms with van der Waals surface area (Å²) in [6.07, 6.45) is 1.10. The number of nitrogens with zero attached hydrogens (tertiary/aromatic N) is 1. The van der Waals surface area contributed by atoms with Crippen LogP contribution in [0.2, 0.25) is 5.02 Å². The van der Waals surface area contributed by atoms with Crippen molar-refractivity contribution in [3.8, 4) is 0 Å². The minimum absolute atomic E-state index is 0.0939. The summed E-state index contributed by atoms with van der Waals surface area (Å²) < 4.78 is 0. The average molecular weight is 276 g/mol. The van der Waals surface area contributed by atoms with Crippen molar-refractivity contribution in [2.24, 2.45) is 0 Å². The first-order valence-corrected chi connectivity index (χ1v) is 5.95. The van der Waals surface area contributed by atoms with Crippen LogP contribution in [0.5, 0.6) is 0 Å². The van der Waals surface area contributed by atoms with Crippen LogP contribution in [-0.4, -0.2) is 11.2 Å². The molecule has 0 N–H and O–H groups in total. The Morgan fingerprint density at radius 1 is 1.11 bits per heavy atom. The summed E-state index contributed by atoms with van der Waals surface area (Å²) >= 11 is 5.80. The van der Waals surface area contributed by atoms with Gasteiger partial charge in [0.2, 0.25) is 0 Å². The van der Waals surface area contributed by atoms with Crippen molar-refractivity contribution in [1.82, 2.24) is 0 Å². The molecule has 0 aromatic heterocycles. The maximum absolute atomic E-state index is 10.9. The molecule has 19 heavy (non-hydrogen) atoms. The van der Waals surface area contributed by atoms with E-state index in [1.165, 1.54) is 6.07 Å². The summed E-state index contributed by atoms with van der Waals surface area (Å²) in [5.41, 5.74) is 1.79. The number of nitro groups is 1. The number of carbonyl (C=O) groups excluding carboxylic acids is 1. The van der Waals surface area contributed by atoms with Crippen LogP contribution in [0.4, 0.5) is 5.69 Å². The molecule has 0 saturated carbocycles.